The summed E-state index contributed by atoms with van der Waals surface area (Å²) >= 11 is 3.08. The Morgan fingerprint density at radius 1 is 1.50 bits per heavy atom. The fraction of sp³-hybridized carbons (Fsp3) is 0.417. The van der Waals surface area contributed by atoms with E-state index in [1.807, 2.05) is 0 Å². The zero-order chi connectivity index (χ0) is 14.9. The van der Waals surface area contributed by atoms with E-state index in [0.29, 0.717) is 0 Å². The standard InChI is InChI=1S/C12H14BrFN2O3S/c1-16(7-12(17)15-9-3-4-9)20(18,19)11-6-8(14)2-5-10(11)13/h2,5-6,9H,3-4,7H2,1H3,(H,15,17). The van der Waals surface area contributed by atoms with Crippen LogP contribution in [0.25, 0.3) is 0 Å². The van der Waals surface area contributed by atoms with Crippen molar-refractivity contribution in [3.8, 4) is 0 Å². The van der Waals surface area contributed by atoms with Crippen molar-refractivity contribution in [3.05, 3.63) is 28.5 Å². The van der Waals surface area contributed by atoms with Gasteiger partial charge in [-0.15, -0.1) is 0 Å². The fourth-order valence-corrected chi connectivity index (χ4v) is 3.69. The Morgan fingerprint density at radius 3 is 2.75 bits per heavy atom. The van der Waals surface area contributed by atoms with E-state index < -0.39 is 15.8 Å². The van der Waals surface area contributed by atoms with Gasteiger partial charge in [-0.3, -0.25) is 4.79 Å². The molecule has 0 unspecified atom stereocenters. The maximum atomic E-state index is 13.2. The van der Waals surface area contributed by atoms with Crippen molar-refractivity contribution in [2.75, 3.05) is 13.6 Å². The van der Waals surface area contributed by atoms with E-state index in [1.54, 1.807) is 0 Å². The highest BCUT2D eigenvalue weighted by atomic mass is 79.9. The van der Waals surface area contributed by atoms with Gasteiger partial charge in [0.15, 0.2) is 0 Å². The third-order valence-corrected chi connectivity index (χ3v) is 5.69. The third-order valence-electron chi connectivity index (χ3n) is 2.89. The second-order valence-electron chi connectivity index (χ2n) is 4.68. The lowest BCUT2D eigenvalue weighted by molar-refractivity contribution is -0.121. The number of carbonyl (C=O) groups is 1. The predicted octanol–water partition coefficient (Wildman–Crippen LogP) is 1.49. The van der Waals surface area contributed by atoms with Crippen molar-refractivity contribution in [1.82, 2.24) is 9.62 Å². The molecule has 110 valence electrons. The molecule has 8 heteroatoms. The second-order valence-corrected chi connectivity index (χ2v) is 7.55. The summed E-state index contributed by atoms with van der Waals surface area (Å²) in [5.41, 5.74) is 0. The van der Waals surface area contributed by atoms with Crippen LogP contribution in [0.3, 0.4) is 0 Å². The molecule has 2 rings (SSSR count). The van der Waals surface area contributed by atoms with Gasteiger partial charge >= 0.3 is 0 Å². The molecule has 1 fully saturated rings. The van der Waals surface area contributed by atoms with Gasteiger partial charge in [-0.25, -0.2) is 12.8 Å². The van der Waals surface area contributed by atoms with Gasteiger partial charge in [0.25, 0.3) is 0 Å². The number of amides is 1. The molecule has 0 heterocycles. The van der Waals surface area contributed by atoms with Crippen molar-refractivity contribution in [2.45, 2.75) is 23.8 Å². The number of nitrogens with one attached hydrogen (secondary N) is 1. The lowest BCUT2D eigenvalue weighted by Gasteiger charge is -2.17. The van der Waals surface area contributed by atoms with Crippen molar-refractivity contribution in [2.24, 2.45) is 0 Å². The van der Waals surface area contributed by atoms with Gasteiger partial charge in [0.2, 0.25) is 15.9 Å². The summed E-state index contributed by atoms with van der Waals surface area (Å²) < 4.78 is 38.9. The average molecular weight is 365 g/mol. The normalized spacial score (nSPS) is 15.4. The van der Waals surface area contributed by atoms with Crippen LogP contribution < -0.4 is 5.32 Å². The molecule has 1 aromatic carbocycles. The molecule has 0 bridgehead atoms. The van der Waals surface area contributed by atoms with E-state index in [0.717, 1.165) is 29.3 Å². The topological polar surface area (TPSA) is 66.5 Å². The Labute approximate surface area is 125 Å². The first-order valence-corrected chi connectivity index (χ1v) is 8.25. The first-order chi connectivity index (χ1) is 9.30. The van der Waals surface area contributed by atoms with Crippen LogP contribution in [0.1, 0.15) is 12.8 Å². The number of rotatable bonds is 5. The number of hydrogen-bond acceptors (Lipinski definition) is 3. The highest BCUT2D eigenvalue weighted by Crippen LogP contribution is 2.25. The summed E-state index contributed by atoms with van der Waals surface area (Å²) in [6.07, 6.45) is 1.86. The molecule has 0 atom stereocenters. The second kappa shape index (κ2) is 5.79. The third kappa shape index (κ3) is 3.56. The van der Waals surface area contributed by atoms with Crippen molar-refractivity contribution < 1.29 is 17.6 Å². The first kappa shape index (κ1) is 15.4. The number of carbonyl (C=O) groups excluding carboxylic acids is 1. The number of nitrogens with zero attached hydrogens (tertiary/aromatic N) is 1. The molecular weight excluding hydrogens is 351 g/mol. The Balaban J connectivity index is 2.15. The summed E-state index contributed by atoms with van der Waals surface area (Å²) in [6, 6.07) is 3.57. The van der Waals surface area contributed by atoms with Crippen molar-refractivity contribution >= 4 is 31.9 Å². The summed E-state index contributed by atoms with van der Waals surface area (Å²) in [5.74, 6) is -1.01. The summed E-state index contributed by atoms with van der Waals surface area (Å²) in [7, 11) is -2.63. The van der Waals surface area contributed by atoms with Crippen LogP contribution in [0.2, 0.25) is 0 Å². The molecule has 0 aromatic heterocycles. The lowest BCUT2D eigenvalue weighted by Crippen LogP contribution is -2.39. The molecule has 1 saturated carbocycles. The van der Waals surface area contributed by atoms with Gasteiger partial charge in [0.1, 0.15) is 5.82 Å². The van der Waals surface area contributed by atoms with Crippen molar-refractivity contribution in [3.63, 3.8) is 0 Å². The molecule has 1 amide bonds. The van der Waals surface area contributed by atoms with Crippen LogP contribution >= 0.6 is 15.9 Å². The lowest BCUT2D eigenvalue weighted by atomic mass is 10.3. The summed E-state index contributed by atoms with van der Waals surface area (Å²) in [6.45, 7) is -0.290. The Kier molecular flexibility index (Phi) is 4.46. The summed E-state index contributed by atoms with van der Waals surface area (Å²) in [5, 5.41) is 2.70. The first-order valence-electron chi connectivity index (χ1n) is 6.01. The Bertz CT molecular complexity index is 632. The maximum Gasteiger partial charge on any atom is 0.244 e. The van der Waals surface area contributed by atoms with Gasteiger partial charge < -0.3 is 5.32 Å². The van der Waals surface area contributed by atoms with Crippen LogP contribution in [0, 0.1) is 5.82 Å². The molecule has 0 spiro atoms. The van der Waals surface area contributed by atoms with Gasteiger partial charge in [0, 0.05) is 17.6 Å². The Hall–Kier alpha value is -0.990. The molecule has 0 saturated heterocycles. The van der Waals surface area contributed by atoms with E-state index in [2.05, 4.69) is 21.2 Å². The number of benzene rings is 1. The predicted molar refractivity (Wildman–Crippen MR) is 75.1 cm³/mol. The molecule has 20 heavy (non-hydrogen) atoms. The monoisotopic (exact) mass is 364 g/mol. The molecule has 0 aliphatic heterocycles. The molecular formula is C12H14BrFN2O3S. The SMILES string of the molecule is CN(CC(=O)NC1CC1)S(=O)(=O)c1cc(F)ccc1Br. The van der Waals surface area contributed by atoms with E-state index in [9.17, 15) is 17.6 Å². The quantitative estimate of drug-likeness (QED) is 0.860. The minimum atomic E-state index is -3.92. The molecule has 0 radical (unpaired) electrons. The van der Waals surface area contributed by atoms with Crippen LogP contribution in [0.15, 0.2) is 27.6 Å². The minimum Gasteiger partial charge on any atom is -0.352 e. The molecule has 1 aliphatic carbocycles. The summed E-state index contributed by atoms with van der Waals surface area (Å²) in [4.78, 5) is 11.4. The smallest absolute Gasteiger partial charge is 0.244 e. The molecule has 1 aromatic rings. The fourth-order valence-electron chi connectivity index (χ4n) is 1.63. The van der Waals surface area contributed by atoms with Gasteiger partial charge in [-0.2, -0.15) is 4.31 Å². The Morgan fingerprint density at radius 2 is 2.15 bits per heavy atom. The van der Waals surface area contributed by atoms with E-state index >= 15 is 0 Å². The molecule has 5 nitrogen and oxygen atoms in total. The highest BCUT2D eigenvalue weighted by molar-refractivity contribution is 9.10. The van der Waals surface area contributed by atoms with E-state index in [4.69, 9.17) is 0 Å². The number of halogens is 2. The highest BCUT2D eigenvalue weighted by Gasteiger charge is 2.28. The largest absolute Gasteiger partial charge is 0.352 e. The number of likely N-dealkylation sites (N-methyl/N-ethyl adjacent to an activating group) is 1. The van der Waals surface area contributed by atoms with E-state index in [-0.39, 0.29) is 27.9 Å². The average Bonchev–Trinajstić information content (AvgIpc) is 3.15. The number of sulfonamides is 1. The van der Waals surface area contributed by atoms with Gasteiger partial charge in [-0.05, 0) is 47.0 Å². The zero-order valence-electron chi connectivity index (χ0n) is 10.8. The number of hydrogen-bond donors (Lipinski definition) is 1. The van der Waals surface area contributed by atoms with Crippen LogP contribution in [-0.2, 0) is 14.8 Å². The van der Waals surface area contributed by atoms with E-state index in [1.165, 1.54) is 13.1 Å². The maximum absolute atomic E-state index is 13.2. The van der Waals surface area contributed by atoms with Gasteiger partial charge in [-0.1, -0.05) is 0 Å². The van der Waals surface area contributed by atoms with Gasteiger partial charge in [0.05, 0.1) is 11.4 Å². The minimum absolute atomic E-state index is 0.166. The molecule has 1 aliphatic rings. The van der Waals surface area contributed by atoms with Crippen LogP contribution in [0.5, 0.6) is 0 Å². The van der Waals surface area contributed by atoms with Crippen LogP contribution in [-0.4, -0.2) is 38.3 Å². The van der Waals surface area contributed by atoms with Crippen LogP contribution in [0.4, 0.5) is 4.39 Å². The molecule has 1 N–H and O–H groups in total. The van der Waals surface area contributed by atoms with Crippen molar-refractivity contribution in [1.29, 1.82) is 0 Å². The zero-order valence-corrected chi connectivity index (χ0v) is 13.2.